The van der Waals surface area contributed by atoms with Gasteiger partial charge in [-0.3, -0.25) is 0 Å². The Morgan fingerprint density at radius 3 is 2.25 bits per heavy atom. The van der Waals surface area contributed by atoms with Gasteiger partial charge in [0.2, 0.25) is 0 Å². The number of hydrogen-bond acceptors (Lipinski definition) is 5. The number of rotatable bonds is 6. The van der Waals surface area contributed by atoms with Gasteiger partial charge in [0.05, 0.1) is 19.8 Å². The van der Waals surface area contributed by atoms with E-state index in [4.69, 9.17) is 14.2 Å². The van der Waals surface area contributed by atoms with Crippen molar-refractivity contribution < 1.29 is 43.0 Å². The van der Waals surface area contributed by atoms with Crippen LogP contribution >= 0.6 is 0 Å². The fourth-order valence-electron chi connectivity index (χ4n) is 1.93. The molecule has 0 aliphatic heterocycles. The molecule has 0 aliphatic carbocycles. The van der Waals surface area contributed by atoms with E-state index in [1.54, 1.807) is 0 Å². The van der Waals surface area contributed by atoms with Gasteiger partial charge in [0, 0.05) is 25.2 Å². The van der Waals surface area contributed by atoms with E-state index < -0.39 is 11.9 Å². The van der Waals surface area contributed by atoms with Crippen LogP contribution in [0.25, 0.3) is 5.76 Å². The SMILES string of the molecule is C=C=C=C([O-])c1c(OC)cc(OC)cc1OC(=O)N(CC)CC.[Li+]. The summed E-state index contributed by atoms with van der Waals surface area (Å²) in [6.07, 6.45) is -0.568. The molecule has 0 unspecified atom stereocenters. The first-order valence-electron chi connectivity index (χ1n) is 7.07. The second-order valence-corrected chi connectivity index (χ2v) is 4.37. The predicted molar refractivity (Wildman–Crippen MR) is 84.6 cm³/mol. The Hall–Kier alpha value is -2.21. The molecule has 0 aliphatic rings. The van der Waals surface area contributed by atoms with Gasteiger partial charge in [0.25, 0.3) is 0 Å². The summed E-state index contributed by atoms with van der Waals surface area (Å²) >= 11 is 0. The Balaban J connectivity index is 0.00000529. The number of benzene rings is 1. The predicted octanol–water partition coefficient (Wildman–Crippen LogP) is -0.810. The van der Waals surface area contributed by atoms with Crippen molar-refractivity contribution in [3.63, 3.8) is 0 Å². The number of methoxy groups -OCH3 is 2. The Bertz CT molecular complexity index is 657. The minimum absolute atomic E-state index is 0. The zero-order valence-electron chi connectivity index (χ0n) is 14.8. The first-order valence-corrected chi connectivity index (χ1v) is 7.07. The van der Waals surface area contributed by atoms with Crippen LogP contribution in [0.3, 0.4) is 0 Å². The standard InChI is InChI=1S/C17H21NO5.Li/c1-6-9-13(19)16-14(22-5)10-12(21-4)11-15(16)23-17(20)18(7-2)8-3;/h10-11,19H,1,7-8H2,2-5H3;/q;+1/p-1. The number of hydrogen-bond donors (Lipinski definition) is 0. The van der Waals surface area contributed by atoms with E-state index in [-0.39, 0.29) is 35.9 Å². The van der Waals surface area contributed by atoms with Crippen LogP contribution in [0.2, 0.25) is 0 Å². The topological polar surface area (TPSA) is 71.1 Å². The molecule has 0 saturated heterocycles. The van der Waals surface area contributed by atoms with Gasteiger partial charge >= 0.3 is 25.0 Å². The maximum absolute atomic E-state index is 12.2. The Morgan fingerprint density at radius 2 is 1.79 bits per heavy atom. The fourth-order valence-corrected chi connectivity index (χ4v) is 1.93. The summed E-state index contributed by atoms with van der Waals surface area (Å²) in [4.78, 5) is 13.6. The van der Waals surface area contributed by atoms with Gasteiger partial charge in [0.15, 0.2) is 0 Å². The van der Waals surface area contributed by atoms with E-state index in [2.05, 4.69) is 18.0 Å². The van der Waals surface area contributed by atoms with Crippen molar-refractivity contribution >= 4 is 11.9 Å². The van der Waals surface area contributed by atoms with Crippen molar-refractivity contribution in [3.8, 4) is 17.2 Å². The fraction of sp³-hybridized carbons (Fsp3) is 0.353. The third-order valence-corrected chi connectivity index (χ3v) is 3.14. The Labute approximate surface area is 154 Å². The molecule has 24 heavy (non-hydrogen) atoms. The first kappa shape index (κ1) is 21.8. The van der Waals surface area contributed by atoms with Crippen LogP contribution in [0.1, 0.15) is 19.4 Å². The van der Waals surface area contributed by atoms with Crippen LogP contribution in [0.4, 0.5) is 4.79 Å². The van der Waals surface area contributed by atoms with Crippen LogP contribution in [0.5, 0.6) is 17.2 Å². The quantitative estimate of drug-likeness (QED) is 0.389. The minimum atomic E-state index is -0.568. The maximum Gasteiger partial charge on any atom is 1.00 e. The van der Waals surface area contributed by atoms with Crippen LogP contribution in [-0.2, 0) is 0 Å². The third-order valence-electron chi connectivity index (χ3n) is 3.14. The molecule has 0 saturated carbocycles. The summed E-state index contributed by atoms with van der Waals surface area (Å²) in [5.74, 6) is 0.0791. The second-order valence-electron chi connectivity index (χ2n) is 4.37. The smallest absolute Gasteiger partial charge is 0.866 e. The van der Waals surface area contributed by atoms with E-state index in [1.807, 2.05) is 13.8 Å². The van der Waals surface area contributed by atoms with E-state index in [9.17, 15) is 9.90 Å². The molecule has 0 aromatic heterocycles. The van der Waals surface area contributed by atoms with Gasteiger partial charge in [0.1, 0.15) is 17.2 Å². The molecule has 1 aromatic rings. The van der Waals surface area contributed by atoms with E-state index in [0.717, 1.165) is 0 Å². The minimum Gasteiger partial charge on any atom is -0.866 e. The molecule has 0 bridgehead atoms. The zero-order chi connectivity index (χ0) is 17.4. The van der Waals surface area contributed by atoms with E-state index >= 15 is 0 Å². The third kappa shape index (κ3) is 5.16. The van der Waals surface area contributed by atoms with E-state index in [0.29, 0.717) is 18.8 Å². The normalized spacial score (nSPS) is 9.00. The van der Waals surface area contributed by atoms with Crippen LogP contribution in [0.15, 0.2) is 30.2 Å². The molecule has 1 aromatic carbocycles. The van der Waals surface area contributed by atoms with Crippen molar-refractivity contribution in [2.45, 2.75) is 13.8 Å². The van der Waals surface area contributed by atoms with Crippen LogP contribution in [0, 0.1) is 0 Å². The number of ether oxygens (including phenoxy) is 3. The zero-order valence-corrected chi connectivity index (χ0v) is 14.8. The van der Waals surface area contributed by atoms with Gasteiger partial charge in [-0.25, -0.2) is 4.79 Å². The molecule has 124 valence electrons. The summed E-state index contributed by atoms with van der Waals surface area (Å²) in [7, 11) is 2.86. The molecule has 0 fully saturated rings. The van der Waals surface area contributed by atoms with Gasteiger partial charge in [-0.2, -0.15) is 0 Å². The molecule has 1 rings (SSSR count). The van der Waals surface area contributed by atoms with Gasteiger partial charge < -0.3 is 24.2 Å². The summed E-state index contributed by atoms with van der Waals surface area (Å²) < 4.78 is 15.7. The largest absolute Gasteiger partial charge is 1.00 e. The summed E-state index contributed by atoms with van der Waals surface area (Å²) in [5.41, 5.74) is 4.66. The van der Waals surface area contributed by atoms with Crippen molar-refractivity contribution in [2.75, 3.05) is 27.3 Å². The maximum atomic E-state index is 12.2. The molecular weight excluding hydrogens is 305 g/mol. The monoisotopic (exact) mass is 325 g/mol. The molecule has 0 spiro atoms. The first-order chi connectivity index (χ1) is 11.0. The number of nitrogens with zero attached hydrogens (tertiary/aromatic N) is 1. The van der Waals surface area contributed by atoms with Gasteiger partial charge in [-0.1, -0.05) is 11.5 Å². The number of carbonyl (C=O) groups excluding carboxylic acids is 1. The molecule has 7 heteroatoms. The van der Waals surface area contributed by atoms with E-state index in [1.165, 1.54) is 31.3 Å². The molecule has 0 atom stereocenters. The second kappa shape index (κ2) is 10.5. The van der Waals surface area contributed by atoms with Gasteiger partial charge in [-0.05, 0) is 26.2 Å². The van der Waals surface area contributed by atoms with Crippen LogP contribution < -0.4 is 38.2 Å². The molecular formula is C17H20LiNO5. The van der Waals surface area contributed by atoms with Crippen molar-refractivity contribution in [1.82, 2.24) is 4.90 Å². The molecule has 0 radical (unpaired) electrons. The number of amides is 1. The molecule has 0 N–H and O–H groups in total. The van der Waals surface area contributed by atoms with Crippen molar-refractivity contribution in [3.05, 3.63) is 35.7 Å². The molecule has 1 amide bonds. The summed E-state index contributed by atoms with van der Waals surface area (Å²) in [6.45, 7) is 7.95. The van der Waals surface area contributed by atoms with Crippen LogP contribution in [-0.4, -0.2) is 38.3 Å². The Kier molecular flexibility index (Phi) is 9.57. The summed E-state index contributed by atoms with van der Waals surface area (Å²) in [6, 6.07) is 2.97. The van der Waals surface area contributed by atoms with Gasteiger partial charge in [-0.15, -0.1) is 0 Å². The number of carbonyl (C=O) groups is 1. The summed E-state index contributed by atoms with van der Waals surface area (Å²) in [5, 5.41) is 12.2. The average molecular weight is 325 g/mol. The average Bonchev–Trinajstić information content (AvgIpc) is 2.55. The van der Waals surface area contributed by atoms with Crippen molar-refractivity contribution in [2.24, 2.45) is 0 Å². The molecule has 6 nitrogen and oxygen atoms in total. The Morgan fingerprint density at radius 1 is 1.21 bits per heavy atom. The molecule has 0 heterocycles. The van der Waals surface area contributed by atoms with Crippen molar-refractivity contribution in [1.29, 1.82) is 0 Å².